The monoisotopic (exact) mass is 615 g/mol. The summed E-state index contributed by atoms with van der Waals surface area (Å²) in [6.45, 7) is 14.7. The molecule has 2 heterocycles. The molecule has 0 amide bonds. The molecule has 167 valence electrons. The Morgan fingerprint density at radius 1 is 0.935 bits per heavy atom. The predicted octanol–water partition coefficient (Wildman–Crippen LogP) is 5.56. The average molecular weight is 615 g/mol. The molecular formula is C24H29ClN2O3Re. The summed E-state index contributed by atoms with van der Waals surface area (Å²) >= 11 is 5.96. The molecule has 2 rings (SSSR count). The molecule has 0 saturated heterocycles. The summed E-state index contributed by atoms with van der Waals surface area (Å²) in [4.78, 5) is 47.0. The van der Waals surface area contributed by atoms with E-state index in [0.717, 1.165) is 5.56 Å². The number of nitrogens with zero attached hydrogens (tertiary/aromatic N) is 2. The van der Waals surface area contributed by atoms with Gasteiger partial charge in [0.05, 0.1) is 22.7 Å². The van der Waals surface area contributed by atoms with E-state index >= 15 is 0 Å². The van der Waals surface area contributed by atoms with Crippen LogP contribution in [0.5, 0.6) is 0 Å². The minimum atomic E-state index is -0.610. The van der Waals surface area contributed by atoms with Crippen LogP contribution in [-0.2, 0) is 31.3 Å². The summed E-state index contributed by atoms with van der Waals surface area (Å²) in [5.74, 6) is -1.29. The Hall–Kier alpha value is -1.74. The molecule has 5 nitrogen and oxygen atoms in total. The van der Waals surface area contributed by atoms with E-state index in [-0.39, 0.29) is 71.6 Å². The zero-order valence-electron chi connectivity index (χ0n) is 19.3. The number of aromatic nitrogens is 2. The Morgan fingerprint density at radius 3 is 1.94 bits per heavy atom. The van der Waals surface area contributed by atoms with Crippen LogP contribution in [-0.4, -0.2) is 33.2 Å². The van der Waals surface area contributed by atoms with Crippen LogP contribution >= 0.6 is 11.6 Å². The third kappa shape index (κ3) is 5.74. The van der Waals surface area contributed by atoms with E-state index in [0.29, 0.717) is 11.3 Å². The van der Waals surface area contributed by atoms with Gasteiger partial charge in [-0.25, -0.2) is 4.98 Å². The van der Waals surface area contributed by atoms with Crippen molar-refractivity contribution in [2.75, 3.05) is 5.88 Å². The van der Waals surface area contributed by atoms with Crippen LogP contribution < -0.4 is 0 Å². The number of rotatable bonds is 5. The van der Waals surface area contributed by atoms with Gasteiger partial charge in [-0.05, 0) is 41.0 Å². The molecule has 31 heavy (non-hydrogen) atoms. The number of hydrogen-bond donors (Lipinski definition) is 0. The van der Waals surface area contributed by atoms with Crippen molar-refractivity contribution < 1.29 is 34.8 Å². The van der Waals surface area contributed by atoms with Crippen LogP contribution in [0.2, 0.25) is 0 Å². The van der Waals surface area contributed by atoms with Gasteiger partial charge in [-0.2, -0.15) is 0 Å². The van der Waals surface area contributed by atoms with Gasteiger partial charge in [0.15, 0.2) is 17.3 Å². The number of carbonyl (C=O) groups is 3. The summed E-state index contributed by atoms with van der Waals surface area (Å²) in [5.41, 5.74) is 1.98. The number of ketones is 3. The summed E-state index contributed by atoms with van der Waals surface area (Å²) in [7, 11) is 0. The first-order chi connectivity index (χ1) is 13.7. The molecule has 0 aliphatic heterocycles. The Balaban J connectivity index is 0.00000480. The second-order valence-corrected chi connectivity index (χ2v) is 9.80. The Labute approximate surface area is 203 Å². The topological polar surface area (TPSA) is 77.0 Å². The first-order valence-electron chi connectivity index (χ1n) is 9.86. The fourth-order valence-electron chi connectivity index (χ4n) is 3.48. The molecular weight excluding hydrogens is 586 g/mol. The molecule has 0 aliphatic carbocycles. The van der Waals surface area contributed by atoms with E-state index in [2.05, 4.69) is 30.7 Å². The van der Waals surface area contributed by atoms with Gasteiger partial charge in [0.25, 0.3) is 0 Å². The summed E-state index contributed by atoms with van der Waals surface area (Å²) in [5, 5.41) is 0. The van der Waals surface area contributed by atoms with Crippen LogP contribution in [0.15, 0.2) is 18.3 Å². The first kappa shape index (κ1) is 27.3. The van der Waals surface area contributed by atoms with E-state index < -0.39 is 5.41 Å². The number of pyridine rings is 2. The molecule has 0 fully saturated rings. The van der Waals surface area contributed by atoms with E-state index in [4.69, 9.17) is 11.6 Å². The van der Waals surface area contributed by atoms with Crippen LogP contribution in [0.1, 0.15) is 97.7 Å². The maximum Gasteiger partial charge on any atom is 0.180 e. The van der Waals surface area contributed by atoms with E-state index in [1.165, 1.54) is 13.8 Å². The van der Waals surface area contributed by atoms with E-state index in [1.54, 1.807) is 6.20 Å². The third-order valence-electron chi connectivity index (χ3n) is 4.90. The molecule has 0 N–H and O–H groups in total. The van der Waals surface area contributed by atoms with Gasteiger partial charge in [0.2, 0.25) is 0 Å². The number of Topliss-reactive ketones (excluding diaryl/α,β-unsaturated/α-hetero) is 3. The quantitative estimate of drug-likeness (QED) is 0.325. The van der Waals surface area contributed by atoms with E-state index in [1.807, 2.05) is 32.9 Å². The molecule has 0 saturated carbocycles. The van der Waals surface area contributed by atoms with Gasteiger partial charge >= 0.3 is 0 Å². The van der Waals surface area contributed by atoms with Crippen LogP contribution in [0.25, 0.3) is 11.4 Å². The Kier molecular flexibility index (Phi) is 8.64. The Bertz CT molecular complexity index is 1030. The maximum atomic E-state index is 13.0. The first-order valence-corrected chi connectivity index (χ1v) is 10.4. The van der Waals surface area contributed by atoms with Crippen molar-refractivity contribution in [3.05, 3.63) is 46.3 Å². The molecule has 7 heteroatoms. The molecule has 2 aromatic heterocycles. The summed E-state index contributed by atoms with van der Waals surface area (Å²) < 4.78 is 0. The maximum absolute atomic E-state index is 13.0. The van der Waals surface area contributed by atoms with Crippen molar-refractivity contribution >= 4 is 29.0 Å². The van der Waals surface area contributed by atoms with Gasteiger partial charge < -0.3 is 0 Å². The van der Waals surface area contributed by atoms with Crippen molar-refractivity contribution in [1.82, 2.24) is 9.97 Å². The fraction of sp³-hybridized carbons (Fsp3) is 0.458. The molecule has 0 unspecified atom stereocenters. The minimum Gasteiger partial charge on any atom is -0.294 e. The SMILES string of the molecule is CC(=O)c1nc(-c2cc(C(C)(C)C)ccn2)c(C(=O)CCl)c(C(C)(C)C)c1C(C)=O.[Re]. The summed E-state index contributed by atoms with van der Waals surface area (Å²) in [6.07, 6.45) is 1.66. The molecule has 0 atom stereocenters. The largest absolute Gasteiger partial charge is 0.294 e. The van der Waals surface area contributed by atoms with E-state index in [9.17, 15) is 14.4 Å². The second-order valence-electron chi connectivity index (χ2n) is 9.53. The number of halogens is 1. The zero-order chi connectivity index (χ0) is 23.0. The van der Waals surface area contributed by atoms with Crippen molar-refractivity contribution in [3.8, 4) is 11.4 Å². The average Bonchev–Trinajstić information content (AvgIpc) is 2.64. The van der Waals surface area contributed by atoms with Crippen LogP contribution in [0.3, 0.4) is 0 Å². The molecule has 0 bridgehead atoms. The fourth-order valence-corrected chi connectivity index (χ4v) is 3.62. The smallest absolute Gasteiger partial charge is 0.180 e. The van der Waals surface area contributed by atoms with Gasteiger partial charge in [-0.15, -0.1) is 11.6 Å². The Morgan fingerprint density at radius 2 is 1.52 bits per heavy atom. The number of hydrogen-bond acceptors (Lipinski definition) is 5. The van der Waals surface area contributed by atoms with Gasteiger partial charge in [0, 0.05) is 33.5 Å². The molecule has 1 radical (unpaired) electrons. The predicted molar refractivity (Wildman–Crippen MR) is 120 cm³/mol. The van der Waals surface area contributed by atoms with Crippen molar-refractivity contribution in [3.63, 3.8) is 0 Å². The molecule has 2 aromatic rings. The second kappa shape index (κ2) is 9.81. The third-order valence-corrected chi connectivity index (χ3v) is 5.14. The van der Waals surface area contributed by atoms with Gasteiger partial charge in [0.1, 0.15) is 11.4 Å². The van der Waals surface area contributed by atoms with Crippen LogP contribution in [0, 0.1) is 0 Å². The minimum absolute atomic E-state index is 0. The van der Waals surface area contributed by atoms with Crippen LogP contribution in [0.4, 0.5) is 0 Å². The zero-order valence-corrected chi connectivity index (χ0v) is 22.8. The van der Waals surface area contributed by atoms with Crippen molar-refractivity contribution in [2.45, 2.75) is 66.2 Å². The van der Waals surface area contributed by atoms with Crippen molar-refractivity contribution in [1.29, 1.82) is 0 Å². The summed E-state index contributed by atoms with van der Waals surface area (Å²) in [6, 6.07) is 3.78. The van der Waals surface area contributed by atoms with Gasteiger partial charge in [-0.3, -0.25) is 19.4 Å². The number of carbonyl (C=O) groups excluding carboxylic acids is 3. The van der Waals surface area contributed by atoms with Crippen molar-refractivity contribution in [2.24, 2.45) is 0 Å². The normalized spacial score (nSPS) is 11.6. The molecule has 0 aromatic carbocycles. The molecule has 0 spiro atoms. The standard InChI is InChI=1S/C24H29ClN2O3.Re/c1-13(28)18-20(24(6,7)8)19(17(30)12-25)22(27-21(18)14(2)29)16-11-15(9-10-26-16)23(3,4)5;/h9-11H,12H2,1-8H3;. The molecule has 0 aliphatic rings. The number of alkyl halides is 1. The van der Waals surface area contributed by atoms with Gasteiger partial charge in [-0.1, -0.05) is 41.5 Å².